The molecule has 30 heavy (non-hydrogen) atoms. The van der Waals surface area contributed by atoms with E-state index in [0.717, 1.165) is 28.2 Å². The first-order valence-electron chi connectivity index (χ1n) is 9.77. The number of ether oxygens (including phenoxy) is 2. The smallest absolute Gasteiger partial charge is 0.234 e. The summed E-state index contributed by atoms with van der Waals surface area (Å²) in [6, 6.07) is 15.7. The molecule has 156 valence electrons. The lowest BCUT2D eigenvalue weighted by atomic mass is 10.1. The minimum absolute atomic E-state index is 0.101. The second-order valence-corrected chi connectivity index (χ2v) is 8.23. The van der Waals surface area contributed by atoms with Crippen LogP contribution in [-0.4, -0.2) is 40.6 Å². The zero-order valence-electron chi connectivity index (χ0n) is 17.6. The van der Waals surface area contributed by atoms with Crippen LogP contribution in [0.25, 0.3) is 5.69 Å². The van der Waals surface area contributed by atoms with Gasteiger partial charge in [0.25, 0.3) is 0 Å². The summed E-state index contributed by atoms with van der Waals surface area (Å²) in [5.74, 6) is 1.97. The number of amides is 1. The van der Waals surface area contributed by atoms with Crippen LogP contribution in [0.2, 0.25) is 0 Å². The summed E-state index contributed by atoms with van der Waals surface area (Å²) in [6.07, 6.45) is 0. The lowest BCUT2D eigenvalue weighted by molar-refractivity contribution is -0.128. The SMILES string of the molecule is COc1cccc(OC)c1CN1C(=O)CSC1c1c(C)nn(-c2ccccc2)c1C. The third-order valence-electron chi connectivity index (χ3n) is 5.42. The molecule has 0 saturated carbocycles. The zero-order chi connectivity index (χ0) is 21.3. The Kier molecular flexibility index (Phi) is 5.72. The number of hydrogen-bond acceptors (Lipinski definition) is 5. The van der Waals surface area contributed by atoms with E-state index in [-0.39, 0.29) is 11.3 Å². The van der Waals surface area contributed by atoms with E-state index in [1.54, 1.807) is 26.0 Å². The number of nitrogens with zero attached hydrogens (tertiary/aromatic N) is 3. The van der Waals surface area contributed by atoms with Gasteiger partial charge >= 0.3 is 0 Å². The van der Waals surface area contributed by atoms with Gasteiger partial charge in [-0.3, -0.25) is 4.79 Å². The van der Waals surface area contributed by atoms with Crippen LogP contribution >= 0.6 is 11.8 Å². The monoisotopic (exact) mass is 423 g/mol. The summed E-state index contributed by atoms with van der Waals surface area (Å²) in [6.45, 7) is 4.49. The Morgan fingerprint density at radius 2 is 1.70 bits per heavy atom. The maximum Gasteiger partial charge on any atom is 0.234 e. The highest BCUT2D eigenvalue weighted by molar-refractivity contribution is 8.00. The van der Waals surface area contributed by atoms with Gasteiger partial charge in [-0.2, -0.15) is 5.10 Å². The standard InChI is InChI=1S/C23H25N3O3S/c1-15-22(16(2)26(24-15)17-9-6-5-7-10-17)23-25(21(27)14-30-23)13-18-19(28-3)11-8-12-20(18)29-4/h5-12,23H,13-14H2,1-4H3. The highest BCUT2D eigenvalue weighted by atomic mass is 32.2. The minimum Gasteiger partial charge on any atom is -0.496 e. The van der Waals surface area contributed by atoms with Crippen molar-refractivity contribution in [3.05, 3.63) is 71.0 Å². The number of methoxy groups -OCH3 is 2. The molecule has 0 bridgehead atoms. The molecule has 6 nitrogen and oxygen atoms in total. The van der Waals surface area contributed by atoms with Gasteiger partial charge in [0, 0.05) is 11.3 Å². The van der Waals surface area contributed by atoms with Crippen molar-refractivity contribution in [3.8, 4) is 17.2 Å². The van der Waals surface area contributed by atoms with Crippen LogP contribution in [0.1, 0.15) is 27.9 Å². The van der Waals surface area contributed by atoms with Gasteiger partial charge in [0.05, 0.1) is 43.5 Å². The Labute approximate surface area is 180 Å². The van der Waals surface area contributed by atoms with E-state index in [2.05, 4.69) is 6.92 Å². The fourth-order valence-electron chi connectivity index (χ4n) is 3.95. The van der Waals surface area contributed by atoms with E-state index in [1.807, 2.05) is 65.0 Å². The van der Waals surface area contributed by atoms with Gasteiger partial charge in [-0.05, 0) is 38.1 Å². The largest absolute Gasteiger partial charge is 0.496 e. The predicted molar refractivity (Wildman–Crippen MR) is 118 cm³/mol. The van der Waals surface area contributed by atoms with E-state index in [9.17, 15) is 4.79 Å². The molecule has 0 N–H and O–H groups in total. The van der Waals surface area contributed by atoms with E-state index in [4.69, 9.17) is 14.6 Å². The Bertz CT molecular complexity index is 1040. The van der Waals surface area contributed by atoms with Gasteiger partial charge in [0.1, 0.15) is 16.9 Å². The minimum atomic E-state index is -0.107. The lowest BCUT2D eigenvalue weighted by Crippen LogP contribution is -2.28. The second-order valence-electron chi connectivity index (χ2n) is 7.16. The van der Waals surface area contributed by atoms with Crippen LogP contribution in [0.15, 0.2) is 48.5 Å². The quantitative estimate of drug-likeness (QED) is 0.592. The number of carbonyl (C=O) groups excluding carboxylic acids is 1. The van der Waals surface area contributed by atoms with Crippen molar-refractivity contribution < 1.29 is 14.3 Å². The van der Waals surface area contributed by atoms with Crippen molar-refractivity contribution in [1.29, 1.82) is 0 Å². The molecule has 3 aromatic rings. The second kappa shape index (κ2) is 8.44. The molecule has 1 amide bonds. The maximum absolute atomic E-state index is 12.9. The summed E-state index contributed by atoms with van der Waals surface area (Å²) < 4.78 is 13.0. The molecule has 1 aliphatic rings. The van der Waals surface area contributed by atoms with E-state index in [0.29, 0.717) is 23.8 Å². The van der Waals surface area contributed by atoms with E-state index in [1.165, 1.54) is 0 Å². The van der Waals surface area contributed by atoms with Gasteiger partial charge in [-0.15, -0.1) is 11.8 Å². The first-order valence-corrected chi connectivity index (χ1v) is 10.8. The predicted octanol–water partition coefficient (Wildman–Crippen LogP) is 4.28. The number of aromatic nitrogens is 2. The van der Waals surface area contributed by atoms with Crippen LogP contribution in [-0.2, 0) is 11.3 Å². The van der Waals surface area contributed by atoms with Crippen molar-refractivity contribution >= 4 is 17.7 Å². The number of benzene rings is 2. The Hall–Kier alpha value is -2.93. The van der Waals surface area contributed by atoms with Gasteiger partial charge in [0.2, 0.25) is 5.91 Å². The van der Waals surface area contributed by atoms with Crippen LogP contribution < -0.4 is 9.47 Å². The summed E-state index contributed by atoms with van der Waals surface area (Å²) >= 11 is 1.64. The molecule has 7 heteroatoms. The van der Waals surface area contributed by atoms with E-state index >= 15 is 0 Å². The summed E-state index contributed by atoms with van der Waals surface area (Å²) in [7, 11) is 3.27. The van der Waals surface area contributed by atoms with Crippen LogP contribution in [0.4, 0.5) is 0 Å². The molecule has 0 spiro atoms. The third-order valence-corrected chi connectivity index (χ3v) is 6.64. The molecule has 1 fully saturated rings. The Morgan fingerprint density at radius 3 is 2.33 bits per heavy atom. The highest BCUT2D eigenvalue weighted by Gasteiger charge is 2.37. The van der Waals surface area contributed by atoms with Crippen molar-refractivity contribution in [1.82, 2.24) is 14.7 Å². The maximum atomic E-state index is 12.9. The number of para-hydroxylation sites is 1. The number of aryl methyl sites for hydroxylation is 1. The van der Waals surface area contributed by atoms with Crippen molar-refractivity contribution in [2.45, 2.75) is 25.8 Å². The molecule has 0 aliphatic carbocycles. The highest BCUT2D eigenvalue weighted by Crippen LogP contribution is 2.44. The molecule has 2 heterocycles. The van der Waals surface area contributed by atoms with E-state index < -0.39 is 0 Å². The van der Waals surface area contributed by atoms with Crippen molar-refractivity contribution in [3.63, 3.8) is 0 Å². The molecule has 1 saturated heterocycles. The van der Waals surface area contributed by atoms with Gasteiger partial charge in [0.15, 0.2) is 0 Å². The van der Waals surface area contributed by atoms with Crippen molar-refractivity contribution in [2.75, 3.05) is 20.0 Å². The van der Waals surface area contributed by atoms with Crippen LogP contribution in [0, 0.1) is 13.8 Å². The molecule has 1 aliphatic heterocycles. The summed E-state index contributed by atoms with van der Waals surface area (Å²) in [5.41, 5.74) is 4.94. The van der Waals surface area contributed by atoms with Gasteiger partial charge < -0.3 is 14.4 Å². The Morgan fingerprint density at radius 1 is 1.03 bits per heavy atom. The van der Waals surface area contributed by atoms with Crippen LogP contribution in [0.3, 0.4) is 0 Å². The molecule has 1 aromatic heterocycles. The first-order chi connectivity index (χ1) is 14.5. The summed E-state index contributed by atoms with van der Waals surface area (Å²) in [5, 5.41) is 4.67. The lowest BCUT2D eigenvalue weighted by Gasteiger charge is -2.26. The molecule has 0 radical (unpaired) electrons. The number of thioether (sulfide) groups is 1. The van der Waals surface area contributed by atoms with Gasteiger partial charge in [-0.25, -0.2) is 4.68 Å². The average Bonchev–Trinajstić information content (AvgIpc) is 3.27. The molecule has 1 atom stereocenters. The fraction of sp³-hybridized carbons (Fsp3) is 0.304. The van der Waals surface area contributed by atoms with Crippen LogP contribution in [0.5, 0.6) is 11.5 Å². The third kappa shape index (κ3) is 3.54. The fourth-order valence-corrected chi connectivity index (χ4v) is 5.30. The first kappa shape index (κ1) is 20.3. The van der Waals surface area contributed by atoms with Crippen molar-refractivity contribution in [2.24, 2.45) is 0 Å². The number of rotatable bonds is 6. The Balaban J connectivity index is 1.73. The molecule has 2 aromatic carbocycles. The molecular weight excluding hydrogens is 398 g/mol. The average molecular weight is 424 g/mol. The zero-order valence-corrected chi connectivity index (χ0v) is 18.4. The number of hydrogen-bond donors (Lipinski definition) is 0. The summed E-state index contributed by atoms with van der Waals surface area (Å²) in [4.78, 5) is 14.8. The molecule has 4 rings (SSSR count). The van der Waals surface area contributed by atoms with Gasteiger partial charge in [-0.1, -0.05) is 24.3 Å². The number of carbonyl (C=O) groups is 1. The molecule has 1 unspecified atom stereocenters. The normalized spacial score (nSPS) is 16.2. The topological polar surface area (TPSA) is 56.6 Å². The molecular formula is C23H25N3O3S.